The third-order valence-electron chi connectivity index (χ3n) is 11.1. The van der Waals surface area contributed by atoms with Crippen LogP contribution >= 0.6 is 23.2 Å². The fourth-order valence-corrected chi connectivity index (χ4v) is 7.97. The summed E-state index contributed by atoms with van der Waals surface area (Å²) in [4.78, 5) is 22.7. The molecule has 330 valence electrons. The Morgan fingerprint density at radius 1 is 0.615 bits per heavy atom. The summed E-state index contributed by atoms with van der Waals surface area (Å²) in [6.45, 7) is 4.37. The van der Waals surface area contributed by atoms with Gasteiger partial charge in [0.15, 0.2) is 0 Å². The Hall–Kier alpha value is -6.84. The van der Waals surface area contributed by atoms with Crippen molar-refractivity contribution in [2.24, 2.45) is 0 Å². The van der Waals surface area contributed by atoms with E-state index in [0.717, 1.165) is 79.8 Å². The third kappa shape index (κ3) is 12.7. The number of hydrogen-bond acceptors (Lipinski definition) is 7. The number of aliphatic carboxylic acids is 1. The van der Waals surface area contributed by atoms with Crippen molar-refractivity contribution >= 4 is 35.1 Å². The first-order valence-electron chi connectivity index (χ1n) is 21.2. The lowest BCUT2D eigenvalue weighted by Gasteiger charge is -2.12. The average molecular weight is 908 g/mol. The first kappa shape index (κ1) is 46.2. The lowest BCUT2D eigenvalue weighted by Crippen LogP contribution is -2.07. The van der Waals surface area contributed by atoms with Crippen LogP contribution in [0.3, 0.4) is 0 Å². The molecule has 0 spiro atoms. The molecule has 8 nitrogen and oxygen atoms in total. The number of benzene rings is 6. The molecule has 0 saturated carbocycles. The van der Waals surface area contributed by atoms with Crippen LogP contribution in [0.1, 0.15) is 95.2 Å². The third-order valence-corrected chi connectivity index (χ3v) is 11.6. The lowest BCUT2D eigenvalue weighted by molar-refractivity contribution is -0.141. The molecule has 0 radical (unpaired) electrons. The van der Waals surface area contributed by atoms with Crippen LogP contribution in [-0.2, 0) is 40.4 Å². The monoisotopic (exact) mass is 906 g/mol. The number of carboxylic acids is 1. The van der Waals surface area contributed by atoms with E-state index in [1.807, 2.05) is 121 Å². The van der Waals surface area contributed by atoms with Crippen molar-refractivity contribution in [3.63, 3.8) is 0 Å². The maximum atomic E-state index is 11.7. The van der Waals surface area contributed by atoms with Gasteiger partial charge in [-0.15, -0.1) is 11.8 Å². The summed E-state index contributed by atoms with van der Waals surface area (Å²) in [6.07, 6.45) is 1.84. The highest BCUT2D eigenvalue weighted by Crippen LogP contribution is 2.39. The van der Waals surface area contributed by atoms with Crippen LogP contribution in [0, 0.1) is 23.7 Å². The van der Waals surface area contributed by atoms with Crippen LogP contribution in [0.5, 0.6) is 23.0 Å². The maximum absolute atomic E-state index is 11.7. The van der Waals surface area contributed by atoms with Crippen LogP contribution in [0.25, 0.3) is 0 Å². The van der Waals surface area contributed by atoms with Crippen LogP contribution in [0.4, 0.5) is 0 Å². The molecule has 10 heteroatoms. The average Bonchev–Trinajstić information content (AvgIpc) is 3.95. The molecule has 6 aromatic rings. The zero-order chi connectivity index (χ0) is 45.7. The Balaban J connectivity index is 0.000000194. The van der Waals surface area contributed by atoms with Gasteiger partial charge in [-0.1, -0.05) is 95.7 Å². The highest BCUT2D eigenvalue weighted by molar-refractivity contribution is 6.30. The van der Waals surface area contributed by atoms with E-state index in [1.165, 1.54) is 12.7 Å². The maximum Gasteiger partial charge on any atom is 0.307 e. The largest absolute Gasteiger partial charge is 0.489 e. The number of carbonyl (C=O) groups is 2. The van der Waals surface area contributed by atoms with E-state index in [9.17, 15) is 9.59 Å². The van der Waals surface area contributed by atoms with Crippen molar-refractivity contribution in [1.82, 2.24) is 0 Å². The number of halogens is 2. The van der Waals surface area contributed by atoms with Gasteiger partial charge in [0.1, 0.15) is 48.4 Å². The van der Waals surface area contributed by atoms with Crippen LogP contribution in [-0.4, -0.2) is 24.2 Å². The Morgan fingerprint density at radius 2 is 1.03 bits per heavy atom. The Morgan fingerprint density at radius 3 is 1.42 bits per heavy atom. The molecule has 1 N–H and O–H groups in total. The van der Waals surface area contributed by atoms with Gasteiger partial charge in [0, 0.05) is 22.9 Å². The van der Waals surface area contributed by atoms with Gasteiger partial charge in [-0.05, 0) is 131 Å². The highest BCUT2D eigenvalue weighted by atomic mass is 35.5. The second kappa shape index (κ2) is 22.2. The zero-order valence-corrected chi connectivity index (χ0v) is 37.8. The second-order valence-corrected chi connectivity index (χ2v) is 16.5. The Kier molecular flexibility index (Phi) is 15.8. The SMILES string of the molecule is CC#C[C@@H](CC(=O)O)c1ccc(OCc2ccc3c(c2)C[C@H](c2ccc(Cl)cc2)O3)cc1.CC#C[C@@H](CC(=O)OC)c1ccc(OCc2ccc3c(c2)C[C@H](c2ccc(Cl)cc2)O3)cc1. The molecule has 0 aromatic heterocycles. The quantitative estimate of drug-likeness (QED) is 0.0852. The first-order chi connectivity index (χ1) is 31.6. The van der Waals surface area contributed by atoms with Crippen LogP contribution < -0.4 is 18.9 Å². The molecule has 0 aliphatic carbocycles. The molecule has 2 aliphatic rings. The summed E-state index contributed by atoms with van der Waals surface area (Å²) >= 11 is 12.0. The van der Waals surface area contributed by atoms with Gasteiger partial charge in [0.2, 0.25) is 0 Å². The van der Waals surface area contributed by atoms with E-state index in [0.29, 0.717) is 18.2 Å². The molecular formula is C55H48Cl2O8. The molecule has 2 aliphatic heterocycles. The van der Waals surface area contributed by atoms with Crippen molar-refractivity contribution in [3.8, 4) is 46.7 Å². The van der Waals surface area contributed by atoms with Crippen molar-refractivity contribution in [2.45, 2.75) is 76.8 Å². The number of carboxylic acid groups (broad SMARTS) is 1. The van der Waals surface area contributed by atoms with E-state index >= 15 is 0 Å². The van der Waals surface area contributed by atoms with E-state index in [4.69, 9.17) is 52.0 Å². The normalized spacial score (nSPS) is 15.0. The fraction of sp³-hybridized carbons (Fsp3) is 0.236. The van der Waals surface area contributed by atoms with E-state index in [-0.39, 0.29) is 42.9 Å². The number of methoxy groups -OCH3 is 1. The second-order valence-electron chi connectivity index (χ2n) is 15.6. The van der Waals surface area contributed by atoms with Gasteiger partial charge in [0.25, 0.3) is 0 Å². The molecule has 2 heterocycles. The van der Waals surface area contributed by atoms with E-state index in [2.05, 4.69) is 35.8 Å². The smallest absolute Gasteiger partial charge is 0.307 e. The Bertz CT molecular complexity index is 2710. The zero-order valence-electron chi connectivity index (χ0n) is 36.3. The number of esters is 1. The molecule has 8 rings (SSSR count). The van der Waals surface area contributed by atoms with Crippen molar-refractivity contribution in [1.29, 1.82) is 0 Å². The fourth-order valence-electron chi connectivity index (χ4n) is 7.71. The van der Waals surface area contributed by atoms with Gasteiger partial charge < -0.3 is 28.8 Å². The van der Waals surface area contributed by atoms with Gasteiger partial charge in [-0.25, -0.2) is 0 Å². The van der Waals surface area contributed by atoms with Crippen molar-refractivity contribution in [3.05, 3.63) is 188 Å². The van der Waals surface area contributed by atoms with Crippen molar-refractivity contribution in [2.75, 3.05) is 7.11 Å². The summed E-state index contributed by atoms with van der Waals surface area (Å²) in [6, 6.07) is 43.0. The summed E-state index contributed by atoms with van der Waals surface area (Å²) in [7, 11) is 1.39. The molecule has 0 saturated heterocycles. The van der Waals surface area contributed by atoms with Crippen LogP contribution in [0.2, 0.25) is 10.0 Å². The summed E-state index contributed by atoms with van der Waals surface area (Å²) < 4.78 is 28.9. The summed E-state index contributed by atoms with van der Waals surface area (Å²) in [5, 5.41) is 10.5. The predicted octanol–water partition coefficient (Wildman–Crippen LogP) is 12.4. The molecule has 0 unspecified atom stereocenters. The molecule has 6 aromatic carbocycles. The van der Waals surface area contributed by atoms with E-state index in [1.54, 1.807) is 13.8 Å². The standard InChI is InChI=1S/C28H25ClO4.C27H23ClO4/c1-3-4-22(17-28(30)31-2)20-8-12-25(13-9-20)32-18-19-5-14-26-23(15-19)16-27(33-26)21-6-10-24(29)11-7-21;1-2-3-21(16-27(29)30)19-7-11-24(12-8-19)31-17-18-4-13-25-22(14-18)15-26(32-25)20-5-9-23(28)10-6-20/h5-15,22,27H,16-18H2,1-2H3;4-14,21,26H,15-17H2,1H3,(H,29,30)/t22-,27+;21-,26+/m00/s1. The Labute approximate surface area is 390 Å². The van der Waals surface area contributed by atoms with Gasteiger partial charge in [0.05, 0.1) is 31.8 Å². The van der Waals surface area contributed by atoms with Gasteiger partial charge in [-0.3, -0.25) is 9.59 Å². The topological polar surface area (TPSA) is 101 Å². The van der Waals surface area contributed by atoms with Gasteiger partial charge >= 0.3 is 11.9 Å². The van der Waals surface area contributed by atoms with Gasteiger partial charge in [-0.2, -0.15) is 0 Å². The molecule has 65 heavy (non-hydrogen) atoms. The van der Waals surface area contributed by atoms with E-state index < -0.39 is 5.97 Å². The number of hydrogen-bond donors (Lipinski definition) is 1. The molecular weight excluding hydrogens is 860 g/mol. The molecule has 4 atom stereocenters. The number of carbonyl (C=O) groups excluding carboxylic acids is 1. The predicted molar refractivity (Wildman–Crippen MR) is 253 cm³/mol. The summed E-state index contributed by atoms with van der Waals surface area (Å²) in [5.41, 5.74) is 8.55. The number of fused-ring (bicyclic) bond motifs is 2. The molecule has 0 bridgehead atoms. The minimum Gasteiger partial charge on any atom is -0.489 e. The highest BCUT2D eigenvalue weighted by Gasteiger charge is 2.26. The summed E-state index contributed by atoms with van der Waals surface area (Å²) in [5.74, 6) is 13.4. The molecule has 0 fully saturated rings. The van der Waals surface area contributed by atoms with Crippen molar-refractivity contribution < 1.29 is 38.4 Å². The minimum atomic E-state index is -0.864. The first-order valence-corrected chi connectivity index (χ1v) is 22.0. The number of ether oxygens (including phenoxy) is 5. The molecule has 0 amide bonds. The minimum absolute atomic E-state index is 0.00375. The number of rotatable bonds is 14. The van der Waals surface area contributed by atoms with Crippen LogP contribution in [0.15, 0.2) is 133 Å². The lowest BCUT2D eigenvalue weighted by atomic mass is 9.96.